The topological polar surface area (TPSA) is 49.3 Å². The zero-order chi connectivity index (χ0) is 12.5. The summed E-state index contributed by atoms with van der Waals surface area (Å²) >= 11 is 0. The molecule has 1 atom stereocenters. The van der Waals surface area contributed by atoms with Crippen molar-refractivity contribution in [1.29, 1.82) is 0 Å². The van der Waals surface area contributed by atoms with Crippen LogP contribution in [0, 0.1) is 0 Å². The second kappa shape index (κ2) is 4.18. The molecule has 0 aliphatic carbocycles. The molecule has 0 saturated carbocycles. The summed E-state index contributed by atoms with van der Waals surface area (Å²) in [6.07, 6.45) is 0.537. The molecule has 3 rings (SSSR count). The van der Waals surface area contributed by atoms with Crippen molar-refractivity contribution in [3.05, 3.63) is 54.1 Å². The molecule has 2 aromatic rings. The van der Waals surface area contributed by atoms with Gasteiger partial charge in [-0.3, -0.25) is 0 Å². The highest BCUT2D eigenvalue weighted by Crippen LogP contribution is 2.34. The van der Waals surface area contributed by atoms with Crippen LogP contribution in [0.2, 0.25) is 0 Å². The van der Waals surface area contributed by atoms with E-state index in [2.05, 4.69) is 5.32 Å². The maximum Gasteiger partial charge on any atom is 0.326 e. The van der Waals surface area contributed by atoms with Gasteiger partial charge in [-0.2, -0.15) is 0 Å². The average molecular weight is 239 g/mol. The first-order chi connectivity index (χ1) is 8.75. The van der Waals surface area contributed by atoms with Crippen LogP contribution in [0.15, 0.2) is 48.5 Å². The van der Waals surface area contributed by atoms with Crippen LogP contribution in [0.4, 0.5) is 5.69 Å². The molecule has 0 amide bonds. The minimum atomic E-state index is -0.801. The monoisotopic (exact) mass is 239 g/mol. The third-order valence-corrected chi connectivity index (χ3v) is 3.30. The molecule has 0 saturated heterocycles. The Morgan fingerprint density at radius 3 is 2.61 bits per heavy atom. The molecular formula is C15H13NO2. The fourth-order valence-electron chi connectivity index (χ4n) is 2.42. The number of nitrogens with one attached hydrogen (secondary N) is 1. The van der Waals surface area contributed by atoms with Crippen LogP contribution in [0.3, 0.4) is 0 Å². The van der Waals surface area contributed by atoms with Crippen LogP contribution in [0.1, 0.15) is 5.56 Å². The summed E-state index contributed by atoms with van der Waals surface area (Å²) in [5, 5.41) is 12.1. The lowest BCUT2D eigenvalue weighted by Gasteiger charge is -2.07. The number of carboxylic acid groups (broad SMARTS) is 1. The maximum atomic E-state index is 11.1. The van der Waals surface area contributed by atoms with Gasteiger partial charge in [-0.1, -0.05) is 42.5 Å². The number of anilines is 1. The fourth-order valence-corrected chi connectivity index (χ4v) is 2.42. The van der Waals surface area contributed by atoms with Gasteiger partial charge < -0.3 is 10.4 Å². The van der Waals surface area contributed by atoms with E-state index in [1.807, 2.05) is 48.5 Å². The fraction of sp³-hybridized carbons (Fsp3) is 0.133. The number of aliphatic carboxylic acids is 1. The smallest absolute Gasteiger partial charge is 0.326 e. The normalized spacial score (nSPS) is 17.0. The van der Waals surface area contributed by atoms with Crippen LogP contribution < -0.4 is 5.32 Å². The number of fused-ring (bicyclic) bond motifs is 1. The molecule has 3 heteroatoms. The largest absolute Gasteiger partial charge is 0.480 e. The van der Waals surface area contributed by atoms with Gasteiger partial charge in [0.25, 0.3) is 0 Å². The average Bonchev–Trinajstić information content (AvgIpc) is 2.83. The van der Waals surface area contributed by atoms with E-state index >= 15 is 0 Å². The lowest BCUT2D eigenvalue weighted by molar-refractivity contribution is -0.137. The standard InChI is InChI=1S/C15H13NO2/c17-15(18)14-9-12-11(7-4-8-13(12)16-14)10-5-2-1-3-6-10/h1-8,14,16H,9H2,(H,17,18). The Bertz CT molecular complexity index is 593. The SMILES string of the molecule is O=C(O)C1Cc2c(cccc2-c2ccccc2)N1. The first-order valence-corrected chi connectivity index (χ1v) is 5.92. The van der Waals surface area contributed by atoms with Gasteiger partial charge >= 0.3 is 5.97 Å². The van der Waals surface area contributed by atoms with Crippen molar-refractivity contribution < 1.29 is 9.90 Å². The molecule has 2 aromatic carbocycles. The summed E-state index contributed by atoms with van der Waals surface area (Å²) in [4.78, 5) is 11.1. The van der Waals surface area contributed by atoms with Gasteiger partial charge in [0.1, 0.15) is 6.04 Å². The molecule has 3 nitrogen and oxygen atoms in total. The summed E-state index contributed by atoms with van der Waals surface area (Å²) in [6.45, 7) is 0. The number of rotatable bonds is 2. The molecule has 1 heterocycles. The molecule has 0 spiro atoms. The van der Waals surface area contributed by atoms with Crippen LogP contribution in [0.25, 0.3) is 11.1 Å². The predicted octanol–water partition coefficient (Wildman–Crippen LogP) is 2.77. The highest BCUT2D eigenvalue weighted by molar-refractivity contribution is 5.85. The Hall–Kier alpha value is -2.29. The minimum absolute atomic E-state index is 0.509. The molecular weight excluding hydrogens is 226 g/mol. The van der Waals surface area contributed by atoms with Crippen molar-refractivity contribution in [2.45, 2.75) is 12.5 Å². The van der Waals surface area contributed by atoms with Crippen molar-refractivity contribution in [3.8, 4) is 11.1 Å². The van der Waals surface area contributed by atoms with Crippen molar-refractivity contribution >= 4 is 11.7 Å². The van der Waals surface area contributed by atoms with Crippen LogP contribution >= 0.6 is 0 Å². The van der Waals surface area contributed by atoms with Gasteiger partial charge in [0.15, 0.2) is 0 Å². The first kappa shape index (κ1) is 10.8. The summed E-state index contributed by atoms with van der Waals surface area (Å²) in [5.74, 6) is -0.801. The summed E-state index contributed by atoms with van der Waals surface area (Å²) < 4.78 is 0. The van der Waals surface area contributed by atoms with Gasteiger partial charge in [0.05, 0.1) is 0 Å². The Balaban J connectivity index is 2.06. The van der Waals surface area contributed by atoms with E-state index in [-0.39, 0.29) is 0 Å². The molecule has 0 bridgehead atoms. The highest BCUT2D eigenvalue weighted by atomic mass is 16.4. The Morgan fingerprint density at radius 2 is 1.89 bits per heavy atom. The van der Waals surface area contributed by atoms with Crippen molar-refractivity contribution in [1.82, 2.24) is 0 Å². The van der Waals surface area contributed by atoms with Gasteiger partial charge in [-0.15, -0.1) is 0 Å². The van der Waals surface area contributed by atoms with Crippen LogP contribution in [-0.2, 0) is 11.2 Å². The summed E-state index contributed by atoms with van der Waals surface area (Å²) in [7, 11) is 0. The van der Waals surface area contributed by atoms with Crippen LogP contribution in [-0.4, -0.2) is 17.1 Å². The van der Waals surface area contributed by atoms with Gasteiger partial charge in [-0.05, 0) is 22.8 Å². The second-order valence-corrected chi connectivity index (χ2v) is 4.44. The Labute approximate surface area is 105 Å². The molecule has 1 aliphatic heterocycles. The molecule has 2 N–H and O–H groups in total. The van der Waals surface area contributed by atoms with Gasteiger partial charge in [0.2, 0.25) is 0 Å². The molecule has 90 valence electrons. The lowest BCUT2D eigenvalue weighted by Crippen LogP contribution is -2.26. The number of hydrogen-bond acceptors (Lipinski definition) is 2. The van der Waals surface area contributed by atoms with E-state index in [4.69, 9.17) is 5.11 Å². The van der Waals surface area contributed by atoms with E-state index < -0.39 is 12.0 Å². The van der Waals surface area contributed by atoms with E-state index in [9.17, 15) is 4.79 Å². The molecule has 0 fully saturated rings. The third kappa shape index (κ3) is 1.74. The second-order valence-electron chi connectivity index (χ2n) is 4.44. The van der Waals surface area contributed by atoms with E-state index in [1.165, 1.54) is 0 Å². The van der Waals surface area contributed by atoms with Gasteiger partial charge in [0, 0.05) is 12.1 Å². The number of carbonyl (C=O) groups is 1. The van der Waals surface area contributed by atoms with Crippen LogP contribution in [0.5, 0.6) is 0 Å². The number of carboxylic acids is 1. The molecule has 1 aliphatic rings. The highest BCUT2D eigenvalue weighted by Gasteiger charge is 2.28. The predicted molar refractivity (Wildman–Crippen MR) is 70.6 cm³/mol. The minimum Gasteiger partial charge on any atom is -0.480 e. The molecule has 0 aromatic heterocycles. The summed E-state index contributed by atoms with van der Waals surface area (Å²) in [5.41, 5.74) is 4.27. The zero-order valence-electron chi connectivity index (χ0n) is 9.76. The van der Waals surface area contributed by atoms with Crippen molar-refractivity contribution in [3.63, 3.8) is 0 Å². The van der Waals surface area contributed by atoms with Crippen molar-refractivity contribution in [2.75, 3.05) is 5.32 Å². The van der Waals surface area contributed by atoms with E-state index in [1.54, 1.807) is 0 Å². The van der Waals surface area contributed by atoms with E-state index in [0.29, 0.717) is 6.42 Å². The molecule has 0 radical (unpaired) electrons. The number of hydrogen-bond donors (Lipinski definition) is 2. The summed E-state index contributed by atoms with van der Waals surface area (Å²) in [6, 6.07) is 15.5. The van der Waals surface area contributed by atoms with E-state index in [0.717, 1.165) is 22.4 Å². The molecule has 1 unspecified atom stereocenters. The molecule has 18 heavy (non-hydrogen) atoms. The quantitative estimate of drug-likeness (QED) is 0.847. The third-order valence-electron chi connectivity index (χ3n) is 3.30. The Morgan fingerprint density at radius 1 is 1.11 bits per heavy atom. The maximum absolute atomic E-state index is 11.1. The Kier molecular flexibility index (Phi) is 2.52. The first-order valence-electron chi connectivity index (χ1n) is 5.92. The van der Waals surface area contributed by atoms with Crippen molar-refractivity contribution in [2.24, 2.45) is 0 Å². The zero-order valence-corrected chi connectivity index (χ0v) is 9.76. The van der Waals surface area contributed by atoms with Gasteiger partial charge in [-0.25, -0.2) is 4.79 Å². The number of benzene rings is 2. The lowest BCUT2D eigenvalue weighted by atomic mass is 9.97.